The van der Waals surface area contributed by atoms with Crippen molar-refractivity contribution in [2.45, 2.75) is 13.8 Å². The van der Waals surface area contributed by atoms with Gasteiger partial charge in [-0.3, -0.25) is 0 Å². The summed E-state index contributed by atoms with van der Waals surface area (Å²) in [5, 5.41) is 9.18. The van der Waals surface area contributed by atoms with Crippen molar-refractivity contribution in [2.24, 2.45) is 0 Å². The minimum absolute atomic E-state index is 0.0868. The quantitative estimate of drug-likeness (QED) is 0.905. The number of carboxylic acids is 1. The summed E-state index contributed by atoms with van der Waals surface area (Å²) in [5.41, 5.74) is 0.989. The summed E-state index contributed by atoms with van der Waals surface area (Å²) in [5.74, 6) is -0.0682. The average Bonchev–Trinajstić information content (AvgIpc) is 2.41. The number of benzene rings is 1. The zero-order valence-electron chi connectivity index (χ0n) is 11.3. The van der Waals surface area contributed by atoms with Crippen LogP contribution >= 0.6 is 0 Å². The zero-order chi connectivity index (χ0) is 14.5. The van der Waals surface area contributed by atoms with Crippen LogP contribution < -0.4 is 9.47 Å². The second kappa shape index (κ2) is 6.06. The van der Waals surface area contributed by atoms with Gasteiger partial charge in [0.2, 0.25) is 0 Å². The highest BCUT2D eigenvalue weighted by atomic mass is 16.5. The zero-order valence-corrected chi connectivity index (χ0v) is 11.3. The van der Waals surface area contributed by atoms with Crippen LogP contribution in [0.1, 0.15) is 22.8 Å². The Morgan fingerprint density at radius 2 is 2.10 bits per heavy atom. The smallest absolute Gasteiger partial charge is 0.339 e. The van der Waals surface area contributed by atoms with Crippen molar-refractivity contribution in [1.29, 1.82) is 0 Å². The number of aryl methyl sites for hydroxylation is 1. The molecule has 0 aliphatic carbocycles. The van der Waals surface area contributed by atoms with E-state index in [1.165, 1.54) is 6.07 Å². The van der Waals surface area contributed by atoms with E-state index in [0.717, 1.165) is 5.56 Å². The van der Waals surface area contributed by atoms with Crippen LogP contribution in [0.4, 0.5) is 0 Å². The summed E-state index contributed by atoms with van der Waals surface area (Å²) in [6, 6.07) is 8.34. The van der Waals surface area contributed by atoms with E-state index in [4.69, 9.17) is 9.47 Å². The van der Waals surface area contributed by atoms with Crippen LogP contribution in [0.15, 0.2) is 36.5 Å². The maximum absolute atomic E-state index is 11.2. The Bertz CT molecular complexity index is 625. The largest absolute Gasteiger partial charge is 0.488 e. The first-order valence-corrected chi connectivity index (χ1v) is 6.21. The molecule has 1 N–H and O–H groups in total. The molecule has 0 fully saturated rings. The summed E-state index contributed by atoms with van der Waals surface area (Å²) < 4.78 is 11.0. The van der Waals surface area contributed by atoms with Gasteiger partial charge in [-0.1, -0.05) is 6.07 Å². The van der Waals surface area contributed by atoms with E-state index in [1.54, 1.807) is 30.5 Å². The third-order valence-corrected chi connectivity index (χ3v) is 2.61. The van der Waals surface area contributed by atoms with Crippen molar-refractivity contribution in [3.63, 3.8) is 0 Å². The Balaban J connectivity index is 2.39. The van der Waals surface area contributed by atoms with Gasteiger partial charge in [-0.25, -0.2) is 9.78 Å². The van der Waals surface area contributed by atoms with E-state index in [-0.39, 0.29) is 17.2 Å². The number of hydrogen-bond acceptors (Lipinski definition) is 4. The molecule has 20 heavy (non-hydrogen) atoms. The minimum Gasteiger partial charge on any atom is -0.488 e. The maximum atomic E-state index is 11.2. The lowest BCUT2D eigenvalue weighted by Crippen LogP contribution is -2.02. The first-order chi connectivity index (χ1) is 9.61. The van der Waals surface area contributed by atoms with Crippen LogP contribution in [-0.4, -0.2) is 22.7 Å². The molecule has 1 heterocycles. The number of hydrogen-bond donors (Lipinski definition) is 1. The van der Waals surface area contributed by atoms with Gasteiger partial charge in [0, 0.05) is 6.20 Å². The summed E-state index contributed by atoms with van der Waals surface area (Å²) in [6.45, 7) is 4.19. The molecule has 0 atom stereocenters. The number of ether oxygens (including phenoxy) is 2. The van der Waals surface area contributed by atoms with E-state index in [2.05, 4.69) is 4.98 Å². The molecule has 104 valence electrons. The highest BCUT2D eigenvalue weighted by Crippen LogP contribution is 2.31. The number of carbonyl (C=O) groups is 1. The Hall–Kier alpha value is -2.56. The van der Waals surface area contributed by atoms with Crippen molar-refractivity contribution in [3.05, 3.63) is 47.7 Å². The van der Waals surface area contributed by atoms with Gasteiger partial charge in [-0.05, 0) is 43.7 Å². The molecule has 0 saturated carbocycles. The predicted octanol–water partition coefficient (Wildman–Crippen LogP) is 3.28. The van der Waals surface area contributed by atoms with Crippen molar-refractivity contribution < 1.29 is 19.4 Å². The number of carboxylic acid groups (broad SMARTS) is 1. The molecule has 0 spiro atoms. The highest BCUT2D eigenvalue weighted by molar-refractivity contribution is 5.91. The number of pyridine rings is 1. The summed E-state index contributed by atoms with van der Waals surface area (Å²) in [6.07, 6.45) is 1.56. The molecule has 0 saturated heterocycles. The third kappa shape index (κ3) is 3.06. The number of nitrogens with zero attached hydrogens (tertiary/aromatic N) is 1. The molecule has 5 nitrogen and oxygen atoms in total. The third-order valence-electron chi connectivity index (χ3n) is 2.61. The molecule has 5 heteroatoms. The van der Waals surface area contributed by atoms with Crippen molar-refractivity contribution in [1.82, 2.24) is 4.98 Å². The monoisotopic (exact) mass is 273 g/mol. The number of aromatic nitrogens is 1. The topological polar surface area (TPSA) is 68.7 Å². The Kier molecular flexibility index (Phi) is 4.20. The Labute approximate surface area is 116 Å². The normalized spacial score (nSPS) is 10.1. The molecule has 2 rings (SSSR count). The van der Waals surface area contributed by atoms with Gasteiger partial charge in [0.1, 0.15) is 11.3 Å². The van der Waals surface area contributed by atoms with E-state index < -0.39 is 5.97 Å². The lowest BCUT2D eigenvalue weighted by atomic mass is 10.1. The minimum atomic E-state index is -1.05. The number of aromatic carboxylic acids is 1. The van der Waals surface area contributed by atoms with Gasteiger partial charge in [-0.15, -0.1) is 0 Å². The van der Waals surface area contributed by atoms with Crippen LogP contribution in [0, 0.1) is 6.92 Å². The first-order valence-electron chi connectivity index (χ1n) is 6.21. The fourth-order valence-electron chi connectivity index (χ4n) is 1.71. The SMILES string of the molecule is CCOc1cccnc1Oc1cc(C)ccc1C(=O)O. The molecular formula is C15H15NO4. The summed E-state index contributed by atoms with van der Waals surface area (Å²) in [4.78, 5) is 15.3. The van der Waals surface area contributed by atoms with Crippen LogP contribution in [0.5, 0.6) is 17.4 Å². The van der Waals surface area contributed by atoms with Crippen molar-refractivity contribution in [2.75, 3.05) is 6.61 Å². The predicted molar refractivity (Wildman–Crippen MR) is 73.6 cm³/mol. The van der Waals surface area contributed by atoms with Crippen molar-refractivity contribution in [3.8, 4) is 17.4 Å². The molecule has 0 bridgehead atoms. The van der Waals surface area contributed by atoms with Crippen LogP contribution in [0.2, 0.25) is 0 Å². The fourth-order valence-corrected chi connectivity index (χ4v) is 1.71. The van der Waals surface area contributed by atoms with Gasteiger partial charge in [0.25, 0.3) is 5.88 Å². The summed E-state index contributed by atoms with van der Waals surface area (Å²) >= 11 is 0. The highest BCUT2D eigenvalue weighted by Gasteiger charge is 2.15. The van der Waals surface area contributed by atoms with Gasteiger partial charge < -0.3 is 14.6 Å². The maximum Gasteiger partial charge on any atom is 0.339 e. The van der Waals surface area contributed by atoms with E-state index in [9.17, 15) is 9.90 Å². The molecule has 1 aromatic carbocycles. The second-order valence-electron chi connectivity index (χ2n) is 4.15. The van der Waals surface area contributed by atoms with Crippen LogP contribution in [0.25, 0.3) is 0 Å². The molecule has 0 aliphatic heterocycles. The Morgan fingerprint density at radius 1 is 1.30 bits per heavy atom. The van der Waals surface area contributed by atoms with Crippen LogP contribution in [0.3, 0.4) is 0 Å². The average molecular weight is 273 g/mol. The van der Waals surface area contributed by atoms with Gasteiger partial charge in [0.05, 0.1) is 6.61 Å². The molecular weight excluding hydrogens is 258 g/mol. The molecule has 2 aromatic rings. The standard InChI is InChI=1S/C15H15NO4/c1-3-19-12-5-4-8-16-14(12)20-13-9-10(2)6-7-11(13)15(17)18/h4-9H,3H2,1-2H3,(H,17,18). The van der Waals surface area contributed by atoms with Crippen LogP contribution in [-0.2, 0) is 0 Å². The van der Waals surface area contributed by atoms with E-state index >= 15 is 0 Å². The second-order valence-corrected chi connectivity index (χ2v) is 4.15. The van der Waals surface area contributed by atoms with Crippen molar-refractivity contribution >= 4 is 5.97 Å². The van der Waals surface area contributed by atoms with Gasteiger partial charge in [0.15, 0.2) is 5.75 Å². The first kappa shape index (κ1) is 13.9. The Morgan fingerprint density at radius 3 is 2.80 bits per heavy atom. The van der Waals surface area contributed by atoms with Gasteiger partial charge >= 0.3 is 5.97 Å². The fraction of sp³-hybridized carbons (Fsp3) is 0.200. The lowest BCUT2D eigenvalue weighted by Gasteiger charge is -2.12. The summed E-state index contributed by atoms with van der Waals surface area (Å²) in [7, 11) is 0. The molecule has 0 radical (unpaired) electrons. The molecule has 0 unspecified atom stereocenters. The molecule has 1 aromatic heterocycles. The van der Waals surface area contributed by atoms with E-state index in [0.29, 0.717) is 12.4 Å². The molecule has 0 amide bonds. The van der Waals surface area contributed by atoms with E-state index in [1.807, 2.05) is 13.8 Å². The number of rotatable bonds is 5. The van der Waals surface area contributed by atoms with Gasteiger partial charge in [-0.2, -0.15) is 0 Å². The lowest BCUT2D eigenvalue weighted by molar-refractivity contribution is 0.0694. The molecule has 0 aliphatic rings.